The predicted molar refractivity (Wildman–Crippen MR) is 264 cm³/mol. The first-order chi connectivity index (χ1) is 33.6. The zero-order valence-electron chi connectivity index (χ0n) is 37.4. The first-order valence-corrected chi connectivity index (χ1v) is 23.1. The van der Waals surface area contributed by atoms with Crippen LogP contribution < -0.4 is 14.8 Å². The molecule has 2 heterocycles. The first-order valence-electron chi connectivity index (χ1n) is 22.0. The van der Waals surface area contributed by atoms with Crippen molar-refractivity contribution in [2.45, 2.75) is 31.9 Å². The molecule has 7 aromatic carbocycles. The van der Waals surface area contributed by atoms with E-state index in [-0.39, 0.29) is 48.0 Å². The van der Waals surface area contributed by atoms with Gasteiger partial charge in [0.05, 0.1) is 12.6 Å². The monoisotopic (exact) mass is 1010 g/mol. The molecule has 1 amide bonds. The van der Waals surface area contributed by atoms with Crippen LogP contribution in [0.15, 0.2) is 121 Å². The van der Waals surface area contributed by atoms with Gasteiger partial charge in [0, 0.05) is 38.3 Å². The number of ether oxygens (including phenoxy) is 3. The molecule has 9 rings (SSSR count). The number of carbonyl (C=O) groups excluding carboxylic acids is 5. The van der Waals surface area contributed by atoms with E-state index in [0.29, 0.717) is 27.2 Å². The molecule has 0 bridgehead atoms. The average molecular weight is 1010 g/mol. The van der Waals surface area contributed by atoms with Crippen LogP contribution in [0.3, 0.4) is 0 Å². The van der Waals surface area contributed by atoms with Crippen LogP contribution in [0.2, 0.25) is 15.1 Å². The van der Waals surface area contributed by atoms with E-state index < -0.39 is 53.2 Å². The number of aliphatic carboxylic acids is 1. The van der Waals surface area contributed by atoms with Gasteiger partial charge in [-0.3, -0.25) is 19.2 Å². The van der Waals surface area contributed by atoms with Crippen LogP contribution in [0.1, 0.15) is 62.5 Å². The Morgan fingerprint density at radius 3 is 1.60 bits per heavy atom. The number of halogens is 4. The van der Waals surface area contributed by atoms with Crippen molar-refractivity contribution < 1.29 is 57.6 Å². The van der Waals surface area contributed by atoms with Crippen molar-refractivity contribution in [3.63, 3.8) is 0 Å². The molecular formula is C53H44Cl3FN2O11. The molecule has 1 saturated heterocycles. The lowest BCUT2D eigenvalue weighted by atomic mass is 9.99. The second-order valence-corrected chi connectivity index (χ2v) is 17.5. The lowest BCUT2D eigenvalue weighted by molar-refractivity contribution is -0.137. The van der Waals surface area contributed by atoms with Gasteiger partial charge in [0.1, 0.15) is 19.3 Å². The number of aliphatic hydroxyl groups excluding tert-OH is 1. The number of carboxylic acid groups (broad SMARTS) is 1. The number of carboxylic acids is 1. The number of likely N-dealkylation sites (tertiary alicyclic amines) is 1. The van der Waals surface area contributed by atoms with Crippen molar-refractivity contribution in [1.29, 1.82) is 0 Å². The van der Waals surface area contributed by atoms with E-state index in [0.717, 1.165) is 58.2 Å². The van der Waals surface area contributed by atoms with Crippen molar-refractivity contribution in [3.8, 4) is 11.5 Å². The number of nitrogens with zero attached hydrogens (tertiary/aromatic N) is 1. The number of esters is 1. The second-order valence-electron chi connectivity index (χ2n) is 16.2. The molecule has 0 unspecified atom stereocenters. The number of carbonyl (C=O) groups is 6. The van der Waals surface area contributed by atoms with E-state index in [1.165, 1.54) is 18.2 Å². The van der Waals surface area contributed by atoms with E-state index in [1.807, 2.05) is 0 Å². The van der Waals surface area contributed by atoms with Crippen LogP contribution in [0.5, 0.6) is 11.5 Å². The van der Waals surface area contributed by atoms with E-state index in [2.05, 4.69) is 15.0 Å². The fourth-order valence-corrected chi connectivity index (χ4v) is 8.42. The molecule has 7 aromatic rings. The van der Waals surface area contributed by atoms with Gasteiger partial charge in [-0.2, -0.15) is 0 Å². The predicted octanol–water partition coefficient (Wildman–Crippen LogP) is 9.90. The Balaban J connectivity index is 0.000000176. The van der Waals surface area contributed by atoms with Crippen LogP contribution >= 0.6 is 34.8 Å². The molecule has 3 N–H and O–H groups in total. The van der Waals surface area contributed by atoms with Gasteiger partial charge in [-0.05, 0) is 137 Å². The Hall–Kier alpha value is -6.94. The quantitative estimate of drug-likeness (QED) is 0.0599. The molecule has 2 atom stereocenters. The van der Waals surface area contributed by atoms with Gasteiger partial charge in [-0.15, -0.1) is 0 Å². The summed E-state index contributed by atoms with van der Waals surface area (Å²) in [7, 11) is 0. The van der Waals surface area contributed by atoms with E-state index in [4.69, 9.17) is 49.4 Å². The number of Topliss-reactive ketones (excluding diaryl/α,β-unsaturated/α-hetero) is 3. The number of ketones is 3. The van der Waals surface area contributed by atoms with Crippen LogP contribution in [0.4, 0.5) is 4.39 Å². The van der Waals surface area contributed by atoms with Crippen LogP contribution in [-0.2, 0) is 19.1 Å². The largest absolute Gasteiger partial charge is 0.486 e. The number of benzene rings is 7. The Labute approximate surface area is 415 Å². The highest BCUT2D eigenvalue weighted by atomic mass is 35.5. The Bertz CT molecular complexity index is 3160. The van der Waals surface area contributed by atoms with Gasteiger partial charge in [0.25, 0.3) is 17.5 Å². The van der Waals surface area contributed by atoms with Crippen molar-refractivity contribution >= 4 is 102 Å². The molecule has 360 valence electrons. The Morgan fingerprint density at radius 2 is 1.10 bits per heavy atom. The minimum absolute atomic E-state index is 0.00472. The van der Waals surface area contributed by atoms with Crippen molar-refractivity contribution in [1.82, 2.24) is 10.2 Å². The molecule has 0 aliphatic carbocycles. The van der Waals surface area contributed by atoms with Gasteiger partial charge in [-0.1, -0.05) is 89.4 Å². The van der Waals surface area contributed by atoms with Crippen LogP contribution in [0, 0.1) is 5.82 Å². The zero-order valence-corrected chi connectivity index (χ0v) is 39.7. The summed E-state index contributed by atoms with van der Waals surface area (Å²) in [6.45, 7) is 4.30. The maximum Gasteiger partial charge on any atom is 0.379 e. The molecule has 0 radical (unpaired) electrons. The molecule has 17 heteroatoms. The van der Waals surface area contributed by atoms with Gasteiger partial charge in [-0.25, -0.2) is 14.0 Å². The van der Waals surface area contributed by atoms with E-state index >= 15 is 0 Å². The van der Waals surface area contributed by atoms with Crippen LogP contribution in [-0.4, -0.2) is 95.8 Å². The highest BCUT2D eigenvalue weighted by molar-refractivity contribution is 6.43. The van der Waals surface area contributed by atoms with E-state index in [9.17, 15) is 38.3 Å². The summed E-state index contributed by atoms with van der Waals surface area (Å²) in [6.07, 6.45) is 0.747. The molecule has 0 aromatic heterocycles. The minimum Gasteiger partial charge on any atom is -0.486 e. The highest BCUT2D eigenvalue weighted by Crippen LogP contribution is 2.37. The Morgan fingerprint density at radius 1 is 0.643 bits per heavy atom. The minimum atomic E-state index is -1.45. The molecule has 0 saturated carbocycles. The lowest BCUT2D eigenvalue weighted by Gasteiger charge is -2.29. The normalized spacial score (nSPS) is 13.8. The summed E-state index contributed by atoms with van der Waals surface area (Å²) >= 11 is 17.7. The summed E-state index contributed by atoms with van der Waals surface area (Å²) in [5.41, 5.74) is 0.948. The fraction of sp³-hybridized carbons (Fsp3) is 0.208. The Kier molecular flexibility index (Phi) is 16.8. The van der Waals surface area contributed by atoms with Crippen molar-refractivity contribution in [3.05, 3.63) is 164 Å². The number of rotatable bonds is 12. The fourth-order valence-electron chi connectivity index (χ4n) is 7.88. The highest BCUT2D eigenvalue weighted by Gasteiger charge is 2.31. The number of aliphatic hydroxyl groups is 1. The molecule has 2 aliphatic heterocycles. The molecule has 70 heavy (non-hydrogen) atoms. The summed E-state index contributed by atoms with van der Waals surface area (Å²) < 4.78 is 30.1. The van der Waals surface area contributed by atoms with Crippen molar-refractivity contribution in [2.75, 3.05) is 39.5 Å². The third kappa shape index (κ3) is 12.6. The number of amides is 1. The average Bonchev–Trinajstić information content (AvgIpc) is 3.88. The SMILES string of the molecule is CCOC(=O)C(=O)c1ccc2cc(Cl)ccc2c1.O=C(N[C@H](CN1CCCC1)[C@H](O)c1cc(F)c2c(c1)OCCO2)C(=O)c1ccc2cc(Cl)ccc2c1.O=C(O)C(=O)c1ccc2cc(Cl)ccc2c1. The van der Waals surface area contributed by atoms with Gasteiger partial charge < -0.3 is 34.6 Å². The van der Waals surface area contributed by atoms with Gasteiger partial charge >= 0.3 is 11.9 Å². The lowest BCUT2D eigenvalue weighted by Crippen LogP contribution is -2.48. The van der Waals surface area contributed by atoms with Crippen molar-refractivity contribution in [2.24, 2.45) is 0 Å². The summed E-state index contributed by atoms with van der Waals surface area (Å²) in [5.74, 6) is -5.83. The first kappa shape index (κ1) is 50.9. The third-order valence-electron chi connectivity index (χ3n) is 11.4. The number of hydrogen-bond acceptors (Lipinski definition) is 11. The topological polar surface area (TPSA) is 186 Å². The smallest absolute Gasteiger partial charge is 0.379 e. The maximum absolute atomic E-state index is 14.6. The van der Waals surface area contributed by atoms with E-state index in [1.54, 1.807) is 110 Å². The zero-order chi connectivity index (χ0) is 50.1. The second kappa shape index (κ2) is 23.1. The van der Waals surface area contributed by atoms with Crippen LogP contribution in [0.25, 0.3) is 32.3 Å². The van der Waals surface area contributed by atoms with Gasteiger partial charge in [0.2, 0.25) is 5.78 Å². The molecule has 2 aliphatic rings. The summed E-state index contributed by atoms with van der Waals surface area (Å²) in [4.78, 5) is 73.0. The number of nitrogens with one attached hydrogen (secondary N) is 1. The summed E-state index contributed by atoms with van der Waals surface area (Å²) in [6, 6.07) is 32.3. The molecule has 1 fully saturated rings. The molecule has 13 nitrogen and oxygen atoms in total. The number of fused-ring (bicyclic) bond motifs is 4. The maximum atomic E-state index is 14.6. The number of hydrogen-bond donors (Lipinski definition) is 3. The molecule has 0 spiro atoms. The van der Waals surface area contributed by atoms with Gasteiger partial charge in [0.15, 0.2) is 17.3 Å². The third-order valence-corrected chi connectivity index (χ3v) is 12.1. The summed E-state index contributed by atoms with van der Waals surface area (Å²) in [5, 5.41) is 29.4. The molecular weight excluding hydrogens is 966 g/mol. The standard InChI is InChI=1S/C27H26ClFN2O5.C14H11ClO3.C12H7ClO3/c28-20-6-5-16-11-18(4-3-17(16)12-20)25(33)27(34)30-22(15-31-7-1-2-8-31)24(32)19-13-21(29)26-23(14-19)35-9-10-36-26;1-2-18-14(17)13(16)11-4-3-10-8-12(15)6-5-9(10)7-11;13-10-4-3-7-5-9(11(14)12(15)16)2-1-8(7)6-10/h3-6,11-14,22,24,32H,1-2,7-10,15H2,(H,30,34);3-8H,2H2,1H3;1-6H,(H,15,16)/t22-,24-;;/m1../s1.